The zero-order chi connectivity index (χ0) is 18.1. The quantitative estimate of drug-likeness (QED) is 0.724. The van der Waals surface area contributed by atoms with Gasteiger partial charge >= 0.3 is 0 Å². The van der Waals surface area contributed by atoms with E-state index in [1.807, 2.05) is 20.8 Å². The monoisotopic (exact) mass is 359 g/mol. The Morgan fingerprint density at radius 2 is 1.96 bits per heavy atom. The van der Waals surface area contributed by atoms with Gasteiger partial charge in [0.25, 0.3) is 5.78 Å². The Morgan fingerprint density at radius 1 is 1.24 bits per heavy atom. The van der Waals surface area contributed by atoms with Gasteiger partial charge in [0.1, 0.15) is 5.82 Å². The lowest BCUT2D eigenvalue weighted by molar-refractivity contribution is -0.115. The fourth-order valence-electron chi connectivity index (χ4n) is 2.30. The minimum atomic E-state index is -0.487. The van der Waals surface area contributed by atoms with Crippen molar-refractivity contribution in [3.8, 4) is 0 Å². The number of aryl methyl sites for hydroxylation is 2. The van der Waals surface area contributed by atoms with Crippen LogP contribution in [0.15, 0.2) is 29.4 Å². The molecule has 130 valence electrons. The van der Waals surface area contributed by atoms with Gasteiger partial charge in [0.15, 0.2) is 0 Å². The van der Waals surface area contributed by atoms with Gasteiger partial charge in [0.05, 0.1) is 10.9 Å². The number of aromatic nitrogens is 4. The molecule has 0 unspecified atom stereocenters. The van der Waals surface area contributed by atoms with Crippen LogP contribution in [0.25, 0.3) is 5.78 Å². The molecular formula is C17H18FN5OS. The van der Waals surface area contributed by atoms with E-state index in [-0.39, 0.29) is 11.6 Å². The number of fused-ring (bicyclic) bond motifs is 1. The summed E-state index contributed by atoms with van der Waals surface area (Å²) in [4.78, 5) is 21.1. The van der Waals surface area contributed by atoms with E-state index >= 15 is 0 Å². The van der Waals surface area contributed by atoms with Crippen molar-refractivity contribution in [3.05, 3.63) is 47.0 Å². The summed E-state index contributed by atoms with van der Waals surface area (Å²) in [6, 6.07) is 6.06. The second kappa shape index (κ2) is 6.79. The van der Waals surface area contributed by atoms with Crippen molar-refractivity contribution in [2.75, 3.05) is 5.32 Å². The van der Waals surface area contributed by atoms with E-state index in [1.54, 1.807) is 23.6 Å². The first-order chi connectivity index (χ1) is 11.9. The third-order valence-electron chi connectivity index (χ3n) is 4.02. The molecule has 0 aliphatic heterocycles. The molecule has 0 fully saturated rings. The van der Waals surface area contributed by atoms with Crippen LogP contribution >= 0.6 is 11.8 Å². The van der Waals surface area contributed by atoms with Crippen molar-refractivity contribution in [3.63, 3.8) is 0 Å². The number of nitrogens with zero attached hydrogens (tertiary/aromatic N) is 4. The summed E-state index contributed by atoms with van der Waals surface area (Å²) in [6.45, 7) is 7.59. The summed E-state index contributed by atoms with van der Waals surface area (Å²) >= 11 is 1.21. The zero-order valence-corrected chi connectivity index (χ0v) is 15.2. The normalized spacial score (nSPS) is 12.4. The number of anilines is 1. The standard InChI is InChI=1S/C17H18FN5OS/c1-9-10(2)19-16-21-17(22-23(16)11(9)3)25-12(4)15(24)20-14-8-6-5-7-13(14)18/h5-8,12H,1-4H3,(H,20,24)/t12-/m1/s1. The molecule has 0 saturated heterocycles. The molecular weight excluding hydrogens is 341 g/mol. The third kappa shape index (κ3) is 3.48. The predicted octanol–water partition coefficient (Wildman–Crippen LogP) is 3.31. The smallest absolute Gasteiger partial charge is 0.253 e. The first-order valence-electron chi connectivity index (χ1n) is 7.79. The second-order valence-electron chi connectivity index (χ2n) is 5.74. The first-order valence-corrected chi connectivity index (χ1v) is 8.67. The van der Waals surface area contributed by atoms with Crippen molar-refractivity contribution in [1.82, 2.24) is 19.6 Å². The summed E-state index contributed by atoms with van der Waals surface area (Å²) in [5.41, 5.74) is 3.08. The second-order valence-corrected chi connectivity index (χ2v) is 7.05. The Morgan fingerprint density at radius 3 is 2.68 bits per heavy atom. The van der Waals surface area contributed by atoms with Crippen LogP contribution in [0.4, 0.5) is 10.1 Å². The minimum Gasteiger partial charge on any atom is -0.323 e. The number of carbonyl (C=O) groups excluding carboxylic acids is 1. The maximum atomic E-state index is 13.6. The number of thioether (sulfide) groups is 1. The van der Waals surface area contributed by atoms with Gasteiger partial charge in [0.2, 0.25) is 11.1 Å². The number of benzene rings is 1. The number of nitrogens with one attached hydrogen (secondary N) is 1. The summed E-state index contributed by atoms with van der Waals surface area (Å²) in [7, 11) is 0. The maximum absolute atomic E-state index is 13.6. The van der Waals surface area contributed by atoms with Crippen molar-refractivity contribution < 1.29 is 9.18 Å². The highest BCUT2D eigenvalue weighted by molar-refractivity contribution is 8.00. The molecule has 0 aliphatic carbocycles. The average molecular weight is 359 g/mol. The zero-order valence-electron chi connectivity index (χ0n) is 14.4. The number of hydrogen-bond acceptors (Lipinski definition) is 5. The molecule has 2 heterocycles. The van der Waals surface area contributed by atoms with E-state index in [9.17, 15) is 9.18 Å². The summed E-state index contributed by atoms with van der Waals surface area (Å²) in [5.74, 6) is -0.277. The van der Waals surface area contributed by atoms with Gasteiger partial charge in [-0.2, -0.15) is 4.98 Å². The third-order valence-corrected chi connectivity index (χ3v) is 4.98. The molecule has 25 heavy (non-hydrogen) atoms. The van der Waals surface area contributed by atoms with Gasteiger partial charge in [-0.15, -0.1) is 5.10 Å². The molecule has 0 saturated carbocycles. The van der Waals surface area contributed by atoms with E-state index in [2.05, 4.69) is 20.4 Å². The van der Waals surface area contributed by atoms with Crippen LogP contribution in [0.3, 0.4) is 0 Å². The molecule has 1 atom stereocenters. The molecule has 0 radical (unpaired) electrons. The molecule has 1 amide bonds. The Bertz CT molecular complexity index is 956. The van der Waals surface area contributed by atoms with E-state index < -0.39 is 11.1 Å². The van der Waals surface area contributed by atoms with Crippen LogP contribution in [0.5, 0.6) is 0 Å². The number of carbonyl (C=O) groups is 1. The lowest BCUT2D eigenvalue weighted by Crippen LogP contribution is -2.23. The number of rotatable bonds is 4. The SMILES string of the molecule is Cc1nc2nc(S[C@H](C)C(=O)Nc3ccccc3F)nn2c(C)c1C. The van der Waals surface area contributed by atoms with E-state index in [0.717, 1.165) is 17.0 Å². The molecule has 8 heteroatoms. The Balaban J connectivity index is 1.77. The van der Waals surface area contributed by atoms with Crippen molar-refractivity contribution in [2.45, 2.75) is 38.1 Å². The number of halogens is 1. The number of para-hydroxylation sites is 1. The lowest BCUT2D eigenvalue weighted by atomic mass is 10.2. The largest absolute Gasteiger partial charge is 0.323 e. The molecule has 6 nitrogen and oxygen atoms in total. The van der Waals surface area contributed by atoms with Gasteiger partial charge in [-0.05, 0) is 45.4 Å². The molecule has 0 bridgehead atoms. The number of hydrogen-bond donors (Lipinski definition) is 1. The molecule has 0 spiro atoms. The fourth-order valence-corrected chi connectivity index (χ4v) is 3.04. The maximum Gasteiger partial charge on any atom is 0.253 e. The Labute approximate surface area is 148 Å². The lowest BCUT2D eigenvalue weighted by Gasteiger charge is -2.10. The molecule has 2 aromatic heterocycles. The first kappa shape index (κ1) is 17.3. The van der Waals surface area contributed by atoms with Crippen molar-refractivity contribution >= 4 is 29.1 Å². The highest BCUT2D eigenvalue weighted by Crippen LogP contribution is 2.23. The van der Waals surface area contributed by atoms with E-state index in [4.69, 9.17) is 0 Å². The minimum absolute atomic E-state index is 0.159. The van der Waals surface area contributed by atoms with Gasteiger partial charge in [-0.3, -0.25) is 4.79 Å². The van der Waals surface area contributed by atoms with Crippen LogP contribution in [0, 0.1) is 26.6 Å². The van der Waals surface area contributed by atoms with E-state index in [0.29, 0.717) is 10.9 Å². The summed E-state index contributed by atoms with van der Waals surface area (Å²) in [5, 5.41) is 6.96. The summed E-state index contributed by atoms with van der Waals surface area (Å²) in [6.07, 6.45) is 0. The predicted molar refractivity (Wildman–Crippen MR) is 95.3 cm³/mol. The topological polar surface area (TPSA) is 72.2 Å². The van der Waals surface area contributed by atoms with Crippen molar-refractivity contribution in [2.24, 2.45) is 0 Å². The highest BCUT2D eigenvalue weighted by Gasteiger charge is 2.19. The molecule has 1 N–H and O–H groups in total. The highest BCUT2D eigenvalue weighted by atomic mass is 32.2. The van der Waals surface area contributed by atoms with Gasteiger partial charge < -0.3 is 5.32 Å². The average Bonchev–Trinajstić information content (AvgIpc) is 2.97. The Hall–Kier alpha value is -2.48. The van der Waals surface area contributed by atoms with Crippen LogP contribution in [-0.2, 0) is 4.79 Å². The van der Waals surface area contributed by atoms with Crippen LogP contribution in [0.2, 0.25) is 0 Å². The molecule has 3 aromatic rings. The molecule has 0 aliphatic rings. The van der Waals surface area contributed by atoms with Crippen LogP contribution < -0.4 is 5.32 Å². The van der Waals surface area contributed by atoms with E-state index in [1.165, 1.54) is 23.9 Å². The Kier molecular flexibility index (Phi) is 4.71. The fraction of sp³-hybridized carbons (Fsp3) is 0.294. The molecule has 1 aromatic carbocycles. The van der Waals surface area contributed by atoms with Crippen molar-refractivity contribution in [1.29, 1.82) is 0 Å². The van der Waals surface area contributed by atoms with Gasteiger partial charge in [-0.25, -0.2) is 13.9 Å². The number of amides is 1. The van der Waals surface area contributed by atoms with Crippen LogP contribution in [0.1, 0.15) is 23.9 Å². The van der Waals surface area contributed by atoms with Gasteiger partial charge in [-0.1, -0.05) is 23.9 Å². The summed E-state index contributed by atoms with van der Waals surface area (Å²) < 4.78 is 15.3. The van der Waals surface area contributed by atoms with Gasteiger partial charge in [0, 0.05) is 11.4 Å². The molecule has 3 rings (SSSR count). The van der Waals surface area contributed by atoms with Crippen LogP contribution in [-0.4, -0.2) is 30.7 Å².